The average molecular weight is 335 g/mol. The summed E-state index contributed by atoms with van der Waals surface area (Å²) in [6.07, 6.45) is 1.93. The second-order valence-corrected chi connectivity index (χ2v) is 7.33. The summed E-state index contributed by atoms with van der Waals surface area (Å²) in [5, 5.41) is 0.987. The molecule has 0 saturated carbocycles. The fourth-order valence-corrected chi connectivity index (χ4v) is 3.01. The Morgan fingerprint density at radius 2 is 1.72 bits per heavy atom. The summed E-state index contributed by atoms with van der Waals surface area (Å²) in [6, 6.07) is 16.0. The van der Waals surface area contributed by atoms with E-state index in [1.54, 1.807) is 0 Å². The minimum Gasteiger partial charge on any atom is -0.485 e. The zero-order valence-electron chi connectivity index (χ0n) is 15.4. The largest absolute Gasteiger partial charge is 0.485 e. The molecule has 0 aliphatic rings. The minimum absolute atomic E-state index is 0.00305. The van der Waals surface area contributed by atoms with Crippen LogP contribution in [0, 0.1) is 0 Å². The number of Topliss-reactive ketones (excluding diaryl/α,β-unsaturated/α-hetero) is 1. The standard InChI is InChI=1S/C22H25NO2/c1-5-23-14-19(18-8-6-7-9-20(18)23)21(24)15-25-17-12-10-16(11-13-17)22(2,3)4/h6-14H,5,15H2,1-4H3. The molecule has 3 aromatic rings. The number of carbonyl (C=O) groups excluding carboxylic acids is 1. The predicted octanol–water partition coefficient (Wildman–Crippen LogP) is 5.22. The van der Waals surface area contributed by atoms with E-state index in [4.69, 9.17) is 4.74 Å². The van der Waals surface area contributed by atoms with Gasteiger partial charge in [0.25, 0.3) is 0 Å². The van der Waals surface area contributed by atoms with Gasteiger partial charge in [-0.1, -0.05) is 51.1 Å². The van der Waals surface area contributed by atoms with Gasteiger partial charge in [-0.15, -0.1) is 0 Å². The number of hydrogen-bond donors (Lipinski definition) is 0. The summed E-state index contributed by atoms with van der Waals surface area (Å²) in [4.78, 5) is 12.6. The number of nitrogens with zero attached hydrogens (tertiary/aromatic N) is 1. The Kier molecular flexibility index (Phi) is 4.67. The van der Waals surface area contributed by atoms with Crippen LogP contribution in [0.15, 0.2) is 54.7 Å². The molecule has 0 saturated heterocycles. The molecule has 0 aliphatic heterocycles. The lowest BCUT2D eigenvalue weighted by Crippen LogP contribution is -2.12. The van der Waals surface area contributed by atoms with Gasteiger partial charge in [-0.2, -0.15) is 0 Å². The molecular formula is C22H25NO2. The zero-order valence-corrected chi connectivity index (χ0v) is 15.4. The number of rotatable bonds is 5. The van der Waals surface area contributed by atoms with E-state index >= 15 is 0 Å². The van der Waals surface area contributed by atoms with Crippen LogP contribution in [-0.4, -0.2) is 17.0 Å². The fraction of sp³-hybridized carbons (Fsp3) is 0.318. The minimum atomic E-state index is 0.00305. The van der Waals surface area contributed by atoms with Crippen molar-refractivity contribution >= 4 is 16.7 Å². The Labute approximate surface area is 149 Å². The molecule has 0 bridgehead atoms. The smallest absolute Gasteiger partial charge is 0.202 e. The molecule has 2 aromatic carbocycles. The molecular weight excluding hydrogens is 310 g/mol. The summed E-state index contributed by atoms with van der Waals surface area (Å²) in [7, 11) is 0. The SMILES string of the molecule is CCn1cc(C(=O)COc2ccc(C(C)(C)C)cc2)c2ccccc21. The van der Waals surface area contributed by atoms with E-state index in [1.165, 1.54) is 5.56 Å². The van der Waals surface area contributed by atoms with E-state index in [9.17, 15) is 4.79 Å². The first-order chi connectivity index (χ1) is 11.9. The summed E-state index contributed by atoms with van der Waals surface area (Å²) < 4.78 is 7.82. The molecule has 0 fully saturated rings. The Morgan fingerprint density at radius 3 is 2.36 bits per heavy atom. The maximum atomic E-state index is 12.6. The highest BCUT2D eigenvalue weighted by Crippen LogP contribution is 2.25. The molecule has 3 heteroatoms. The van der Waals surface area contributed by atoms with Crippen LogP contribution < -0.4 is 4.74 Å². The molecule has 3 rings (SSSR count). The van der Waals surface area contributed by atoms with Gasteiger partial charge in [0, 0.05) is 29.2 Å². The van der Waals surface area contributed by atoms with Crippen LogP contribution in [0.25, 0.3) is 10.9 Å². The van der Waals surface area contributed by atoms with Crippen molar-refractivity contribution < 1.29 is 9.53 Å². The zero-order chi connectivity index (χ0) is 18.0. The molecule has 0 N–H and O–H groups in total. The van der Waals surface area contributed by atoms with Gasteiger partial charge in [0.15, 0.2) is 6.61 Å². The first-order valence-corrected chi connectivity index (χ1v) is 8.74. The second kappa shape index (κ2) is 6.75. The van der Waals surface area contributed by atoms with Crippen LogP contribution in [-0.2, 0) is 12.0 Å². The third kappa shape index (κ3) is 3.60. The highest BCUT2D eigenvalue weighted by Gasteiger charge is 2.16. The summed E-state index contributed by atoms with van der Waals surface area (Å²) in [5.74, 6) is 0.726. The van der Waals surface area contributed by atoms with Crippen molar-refractivity contribution in [1.29, 1.82) is 0 Å². The van der Waals surface area contributed by atoms with Gasteiger partial charge < -0.3 is 9.30 Å². The molecule has 130 valence electrons. The van der Waals surface area contributed by atoms with Gasteiger partial charge in [0.1, 0.15) is 5.75 Å². The maximum Gasteiger partial charge on any atom is 0.202 e. The van der Waals surface area contributed by atoms with Crippen LogP contribution in [0.3, 0.4) is 0 Å². The quantitative estimate of drug-likeness (QED) is 0.599. The molecule has 0 amide bonds. The van der Waals surface area contributed by atoms with E-state index in [0.717, 1.165) is 28.8 Å². The Morgan fingerprint density at radius 1 is 1.04 bits per heavy atom. The molecule has 0 spiro atoms. The average Bonchev–Trinajstić information content (AvgIpc) is 2.98. The van der Waals surface area contributed by atoms with Gasteiger partial charge in [-0.05, 0) is 36.1 Å². The van der Waals surface area contributed by atoms with Crippen LogP contribution in [0.5, 0.6) is 5.75 Å². The first-order valence-electron chi connectivity index (χ1n) is 8.74. The molecule has 3 nitrogen and oxygen atoms in total. The number of ketones is 1. The van der Waals surface area contributed by atoms with E-state index in [2.05, 4.69) is 44.4 Å². The highest BCUT2D eigenvalue weighted by molar-refractivity contribution is 6.08. The van der Waals surface area contributed by atoms with Gasteiger partial charge in [-0.25, -0.2) is 0 Å². The number of ether oxygens (including phenoxy) is 1. The van der Waals surface area contributed by atoms with Crippen molar-refractivity contribution in [1.82, 2.24) is 4.57 Å². The summed E-state index contributed by atoms with van der Waals surface area (Å²) in [6.45, 7) is 9.49. The van der Waals surface area contributed by atoms with Crippen molar-refractivity contribution in [3.63, 3.8) is 0 Å². The molecule has 0 atom stereocenters. The number of fused-ring (bicyclic) bond motifs is 1. The summed E-state index contributed by atoms with van der Waals surface area (Å²) in [5.41, 5.74) is 3.17. The van der Waals surface area contributed by atoms with Gasteiger partial charge in [0.2, 0.25) is 5.78 Å². The fourth-order valence-electron chi connectivity index (χ4n) is 3.01. The number of para-hydroxylation sites is 1. The van der Waals surface area contributed by atoms with Gasteiger partial charge in [0.05, 0.1) is 0 Å². The Balaban J connectivity index is 1.75. The van der Waals surface area contributed by atoms with Crippen LogP contribution in [0.2, 0.25) is 0 Å². The highest BCUT2D eigenvalue weighted by atomic mass is 16.5. The third-order valence-electron chi connectivity index (χ3n) is 4.52. The number of carbonyl (C=O) groups is 1. The van der Waals surface area contributed by atoms with Crippen molar-refractivity contribution in [2.24, 2.45) is 0 Å². The number of aromatic nitrogens is 1. The number of hydrogen-bond acceptors (Lipinski definition) is 2. The molecule has 0 radical (unpaired) electrons. The normalized spacial score (nSPS) is 11.7. The monoisotopic (exact) mass is 335 g/mol. The van der Waals surface area contributed by atoms with Crippen molar-refractivity contribution in [2.45, 2.75) is 39.7 Å². The van der Waals surface area contributed by atoms with Crippen LogP contribution in [0.4, 0.5) is 0 Å². The predicted molar refractivity (Wildman–Crippen MR) is 103 cm³/mol. The maximum absolute atomic E-state index is 12.6. The van der Waals surface area contributed by atoms with Crippen molar-refractivity contribution in [3.8, 4) is 5.75 Å². The Bertz CT molecular complexity index is 883. The van der Waals surface area contributed by atoms with Crippen molar-refractivity contribution in [2.75, 3.05) is 6.61 Å². The third-order valence-corrected chi connectivity index (χ3v) is 4.52. The molecule has 0 aliphatic carbocycles. The van der Waals surface area contributed by atoms with E-state index in [1.807, 2.05) is 42.6 Å². The first kappa shape index (κ1) is 17.3. The topological polar surface area (TPSA) is 31.2 Å². The van der Waals surface area contributed by atoms with Crippen LogP contribution in [0.1, 0.15) is 43.6 Å². The molecule has 1 aromatic heterocycles. The lowest BCUT2D eigenvalue weighted by atomic mass is 9.87. The lowest BCUT2D eigenvalue weighted by molar-refractivity contribution is 0.0923. The Hall–Kier alpha value is -2.55. The van der Waals surface area contributed by atoms with E-state index < -0.39 is 0 Å². The van der Waals surface area contributed by atoms with E-state index in [-0.39, 0.29) is 17.8 Å². The van der Waals surface area contributed by atoms with Crippen LogP contribution >= 0.6 is 0 Å². The lowest BCUT2D eigenvalue weighted by Gasteiger charge is -2.19. The molecule has 25 heavy (non-hydrogen) atoms. The van der Waals surface area contributed by atoms with Gasteiger partial charge in [-0.3, -0.25) is 4.79 Å². The second-order valence-electron chi connectivity index (χ2n) is 7.33. The van der Waals surface area contributed by atoms with E-state index in [0.29, 0.717) is 0 Å². The molecule has 1 heterocycles. The van der Waals surface area contributed by atoms with Crippen molar-refractivity contribution in [3.05, 3.63) is 65.9 Å². The van der Waals surface area contributed by atoms with Gasteiger partial charge >= 0.3 is 0 Å². The summed E-state index contributed by atoms with van der Waals surface area (Å²) >= 11 is 0. The number of benzene rings is 2. The number of aryl methyl sites for hydroxylation is 1. The molecule has 0 unspecified atom stereocenters.